The number of aromatic nitrogens is 2. The molecule has 0 aliphatic heterocycles. The summed E-state index contributed by atoms with van der Waals surface area (Å²) in [6, 6.07) is 19.3. The molecule has 1 aromatic heterocycles. The lowest BCUT2D eigenvalue weighted by Gasteiger charge is -2.23. The minimum Gasteiger partial charge on any atom is -0.508 e. The van der Waals surface area contributed by atoms with Gasteiger partial charge in [0.1, 0.15) is 5.75 Å². The number of benzene rings is 3. The van der Waals surface area contributed by atoms with E-state index in [2.05, 4.69) is 15.3 Å². The minimum atomic E-state index is -0.988. The lowest BCUT2D eigenvalue weighted by molar-refractivity contribution is -0.132. The zero-order valence-corrected chi connectivity index (χ0v) is 23.2. The van der Waals surface area contributed by atoms with Crippen molar-refractivity contribution in [1.82, 2.24) is 15.3 Å². The number of hydrogen-bond donors (Lipinski definition) is 5. The quantitative estimate of drug-likeness (QED) is 0.146. The number of phenolic OH excluding ortho intramolecular Hbond substituents is 1. The van der Waals surface area contributed by atoms with Crippen LogP contribution in [0.25, 0.3) is 11.0 Å². The van der Waals surface area contributed by atoms with Gasteiger partial charge >= 0.3 is 0 Å². The Morgan fingerprint density at radius 2 is 1.57 bits per heavy atom. The molecule has 0 radical (unpaired) electrons. The van der Waals surface area contributed by atoms with Gasteiger partial charge in [0, 0.05) is 25.2 Å². The number of hydrogen-bond acceptors (Lipinski definition) is 7. The number of aromatic hydroxyl groups is 1. The van der Waals surface area contributed by atoms with Crippen LogP contribution in [0.1, 0.15) is 36.0 Å². The highest BCUT2D eigenvalue weighted by Gasteiger charge is 2.29. The molecular formula is C32H35N5O5. The molecule has 0 spiro atoms. The third-order valence-corrected chi connectivity index (χ3v) is 7.20. The molecule has 0 saturated heterocycles. The summed E-state index contributed by atoms with van der Waals surface area (Å²) < 4.78 is 0. The van der Waals surface area contributed by atoms with Gasteiger partial charge in [0.15, 0.2) is 11.6 Å². The predicted octanol–water partition coefficient (Wildman–Crippen LogP) is 2.52. The maximum absolute atomic E-state index is 13.6. The molecule has 3 unspecified atom stereocenters. The van der Waals surface area contributed by atoms with Crippen LogP contribution in [0.5, 0.6) is 5.75 Å². The lowest BCUT2D eigenvalue weighted by Crippen LogP contribution is -2.46. The first-order chi connectivity index (χ1) is 20.2. The second kappa shape index (κ2) is 14.2. The van der Waals surface area contributed by atoms with Crippen LogP contribution in [0.3, 0.4) is 0 Å². The van der Waals surface area contributed by atoms with E-state index in [0.29, 0.717) is 6.42 Å². The molecule has 3 atom stereocenters. The van der Waals surface area contributed by atoms with Crippen LogP contribution in [-0.4, -0.2) is 50.5 Å². The molecular weight excluding hydrogens is 534 g/mol. The van der Waals surface area contributed by atoms with Gasteiger partial charge in [-0.05, 0) is 60.2 Å². The molecule has 4 rings (SSSR count). The Hall–Kier alpha value is -4.83. The van der Waals surface area contributed by atoms with Crippen molar-refractivity contribution in [2.24, 2.45) is 17.4 Å². The Morgan fingerprint density at radius 3 is 2.29 bits per heavy atom. The standard InChI is InChI=1S/C32H35N5O5/c33-25(15-20-4-2-1-3-5-20)29(39)18-23(14-21-6-9-24(38)10-7-21)32(42)37-27(12-13-31(34)41)30(40)17-22-8-11-26-28(16-22)36-19-35-26/h1-11,16,19,23,25,27,38H,12-15,17-18,33H2,(H2,34,41)(H,35,36)(H,37,42). The fourth-order valence-corrected chi connectivity index (χ4v) is 4.86. The second-order valence-electron chi connectivity index (χ2n) is 10.5. The number of amides is 2. The van der Waals surface area contributed by atoms with Gasteiger partial charge in [0.05, 0.1) is 29.4 Å². The fourth-order valence-electron chi connectivity index (χ4n) is 4.86. The Bertz CT molecular complexity index is 1530. The lowest BCUT2D eigenvalue weighted by atomic mass is 9.89. The van der Waals surface area contributed by atoms with Crippen molar-refractivity contribution in [3.8, 4) is 5.75 Å². The Balaban J connectivity index is 1.50. The first-order valence-electron chi connectivity index (χ1n) is 13.8. The number of fused-ring (bicyclic) bond motifs is 1. The molecule has 10 heteroatoms. The second-order valence-corrected chi connectivity index (χ2v) is 10.5. The van der Waals surface area contributed by atoms with Gasteiger partial charge in [-0.2, -0.15) is 0 Å². The van der Waals surface area contributed by atoms with Gasteiger partial charge < -0.3 is 26.9 Å². The van der Waals surface area contributed by atoms with Crippen molar-refractivity contribution in [1.29, 1.82) is 0 Å². The van der Waals surface area contributed by atoms with E-state index in [1.165, 1.54) is 12.1 Å². The third-order valence-electron chi connectivity index (χ3n) is 7.20. The van der Waals surface area contributed by atoms with Crippen LogP contribution in [0, 0.1) is 5.92 Å². The number of aromatic amines is 1. The minimum absolute atomic E-state index is 0.0160. The summed E-state index contributed by atoms with van der Waals surface area (Å²) in [5.74, 6) is -2.44. The zero-order valence-electron chi connectivity index (χ0n) is 23.2. The molecule has 0 saturated carbocycles. The van der Waals surface area contributed by atoms with Crippen molar-refractivity contribution >= 4 is 34.4 Å². The normalized spacial score (nSPS) is 13.3. The van der Waals surface area contributed by atoms with Crippen molar-refractivity contribution in [2.45, 2.75) is 50.6 Å². The molecule has 1 heterocycles. The number of phenols is 1. The van der Waals surface area contributed by atoms with Crippen LogP contribution >= 0.6 is 0 Å². The van der Waals surface area contributed by atoms with E-state index in [4.69, 9.17) is 11.5 Å². The number of nitrogens with two attached hydrogens (primary N) is 2. The predicted molar refractivity (Wildman–Crippen MR) is 158 cm³/mol. The first-order valence-corrected chi connectivity index (χ1v) is 13.8. The van der Waals surface area contributed by atoms with E-state index in [1.54, 1.807) is 30.6 Å². The molecule has 10 nitrogen and oxygen atoms in total. The number of nitrogens with one attached hydrogen (secondary N) is 2. The number of primary amides is 1. The summed E-state index contributed by atoms with van der Waals surface area (Å²) in [7, 11) is 0. The number of H-pyrrole nitrogens is 1. The van der Waals surface area contributed by atoms with Crippen molar-refractivity contribution in [2.75, 3.05) is 0 Å². The molecule has 4 aromatic rings. The largest absolute Gasteiger partial charge is 0.508 e. The molecule has 0 aliphatic carbocycles. The van der Waals surface area contributed by atoms with E-state index < -0.39 is 29.8 Å². The third kappa shape index (κ3) is 8.58. The van der Waals surface area contributed by atoms with Gasteiger partial charge in [-0.25, -0.2) is 4.98 Å². The summed E-state index contributed by atoms with van der Waals surface area (Å²) >= 11 is 0. The summed E-state index contributed by atoms with van der Waals surface area (Å²) in [6.45, 7) is 0. The summed E-state index contributed by atoms with van der Waals surface area (Å²) in [4.78, 5) is 59.0. The van der Waals surface area contributed by atoms with Crippen LogP contribution < -0.4 is 16.8 Å². The highest BCUT2D eigenvalue weighted by molar-refractivity contribution is 5.94. The van der Waals surface area contributed by atoms with Crippen LogP contribution in [0.2, 0.25) is 0 Å². The average Bonchev–Trinajstić information content (AvgIpc) is 3.44. The fraction of sp³-hybridized carbons (Fsp3) is 0.281. The highest BCUT2D eigenvalue weighted by Crippen LogP contribution is 2.19. The number of rotatable bonds is 15. The smallest absolute Gasteiger partial charge is 0.224 e. The Morgan fingerprint density at radius 1 is 0.881 bits per heavy atom. The Kier molecular flexibility index (Phi) is 10.2. The molecule has 7 N–H and O–H groups in total. The number of carbonyl (C=O) groups excluding carboxylic acids is 4. The van der Waals surface area contributed by atoms with Crippen LogP contribution in [0.15, 0.2) is 79.1 Å². The topological polar surface area (TPSA) is 181 Å². The van der Waals surface area contributed by atoms with Gasteiger partial charge in [-0.15, -0.1) is 0 Å². The number of Topliss-reactive ketones (excluding diaryl/α,β-unsaturated/α-hetero) is 2. The molecule has 3 aromatic carbocycles. The van der Waals surface area contributed by atoms with E-state index in [9.17, 15) is 24.3 Å². The van der Waals surface area contributed by atoms with Crippen LogP contribution in [-0.2, 0) is 38.4 Å². The van der Waals surface area contributed by atoms with Crippen molar-refractivity contribution in [3.63, 3.8) is 0 Å². The molecule has 218 valence electrons. The van der Waals surface area contributed by atoms with E-state index in [0.717, 1.165) is 27.7 Å². The molecule has 0 bridgehead atoms. The van der Waals surface area contributed by atoms with E-state index in [-0.39, 0.29) is 49.4 Å². The summed E-state index contributed by atoms with van der Waals surface area (Å²) in [5, 5.41) is 12.5. The van der Waals surface area contributed by atoms with Crippen LogP contribution in [0.4, 0.5) is 0 Å². The molecule has 2 amide bonds. The maximum atomic E-state index is 13.6. The monoisotopic (exact) mass is 569 g/mol. The zero-order chi connectivity index (χ0) is 30.1. The molecule has 0 aliphatic rings. The SMILES string of the molecule is NC(=O)CCC(NC(=O)C(CC(=O)C(N)Cc1ccccc1)Cc1ccc(O)cc1)C(=O)Cc1ccc2nc[nH]c2c1. The van der Waals surface area contributed by atoms with Gasteiger partial charge in [0.25, 0.3) is 0 Å². The van der Waals surface area contributed by atoms with E-state index in [1.807, 2.05) is 36.4 Å². The first kappa shape index (κ1) is 30.1. The van der Waals surface area contributed by atoms with Gasteiger partial charge in [-0.3, -0.25) is 19.2 Å². The summed E-state index contributed by atoms with van der Waals surface area (Å²) in [5.41, 5.74) is 15.5. The van der Waals surface area contributed by atoms with Crippen molar-refractivity contribution < 1.29 is 24.3 Å². The average molecular weight is 570 g/mol. The number of nitrogens with zero attached hydrogens (tertiary/aromatic N) is 1. The van der Waals surface area contributed by atoms with Crippen molar-refractivity contribution in [3.05, 3.63) is 95.8 Å². The Labute approximate surface area is 243 Å². The van der Waals surface area contributed by atoms with Gasteiger partial charge in [-0.1, -0.05) is 48.5 Å². The molecule has 0 fully saturated rings. The number of ketones is 2. The maximum Gasteiger partial charge on any atom is 0.224 e. The number of imidazole rings is 1. The van der Waals surface area contributed by atoms with Gasteiger partial charge in [0.2, 0.25) is 11.8 Å². The molecule has 42 heavy (non-hydrogen) atoms. The summed E-state index contributed by atoms with van der Waals surface area (Å²) in [6.07, 6.45) is 1.87. The highest BCUT2D eigenvalue weighted by atomic mass is 16.3. The number of carbonyl (C=O) groups is 4. The van der Waals surface area contributed by atoms with E-state index >= 15 is 0 Å².